The maximum absolute atomic E-state index is 4.48. The number of hydrogen-bond acceptors (Lipinski definition) is 5. The van der Waals surface area contributed by atoms with Crippen LogP contribution in [0.25, 0.3) is 11.4 Å². The fourth-order valence-corrected chi connectivity index (χ4v) is 2.46. The molecule has 0 radical (unpaired) electrons. The quantitative estimate of drug-likeness (QED) is 0.892. The molecule has 5 heteroatoms. The van der Waals surface area contributed by atoms with E-state index in [1.54, 1.807) is 6.20 Å². The zero-order valence-electron chi connectivity index (χ0n) is 11.6. The Balaban J connectivity index is 1.83. The van der Waals surface area contributed by atoms with Gasteiger partial charge < -0.3 is 10.6 Å². The smallest absolute Gasteiger partial charge is 0.130 e. The minimum Gasteiger partial charge on any atom is -0.367 e. The number of nitrogens with one attached hydrogen (secondary N) is 2. The molecule has 1 saturated heterocycles. The summed E-state index contributed by atoms with van der Waals surface area (Å²) < 4.78 is 0. The van der Waals surface area contributed by atoms with Crippen molar-refractivity contribution >= 4 is 5.82 Å². The highest BCUT2D eigenvalue weighted by Gasteiger charge is 2.14. The maximum atomic E-state index is 4.48. The van der Waals surface area contributed by atoms with Crippen molar-refractivity contribution in [2.75, 3.05) is 18.4 Å². The molecule has 104 valence electrons. The third kappa shape index (κ3) is 3.11. The molecule has 1 fully saturated rings. The van der Waals surface area contributed by atoms with Gasteiger partial charge in [-0.3, -0.25) is 4.98 Å². The lowest BCUT2D eigenvalue weighted by Gasteiger charge is -2.24. The zero-order chi connectivity index (χ0) is 13.8. The van der Waals surface area contributed by atoms with Crippen molar-refractivity contribution < 1.29 is 0 Å². The van der Waals surface area contributed by atoms with E-state index in [0.717, 1.165) is 49.0 Å². The van der Waals surface area contributed by atoms with Crippen molar-refractivity contribution in [2.24, 2.45) is 0 Å². The second kappa shape index (κ2) is 5.96. The normalized spacial score (nSPS) is 16.1. The number of anilines is 1. The molecule has 2 aromatic heterocycles. The van der Waals surface area contributed by atoms with E-state index >= 15 is 0 Å². The lowest BCUT2D eigenvalue weighted by Crippen LogP contribution is -2.35. The van der Waals surface area contributed by atoms with E-state index in [0.29, 0.717) is 6.04 Å². The van der Waals surface area contributed by atoms with Gasteiger partial charge in [0.15, 0.2) is 0 Å². The molecule has 1 aliphatic heterocycles. The second-order valence-corrected chi connectivity index (χ2v) is 5.07. The molecule has 0 aliphatic carbocycles. The summed E-state index contributed by atoms with van der Waals surface area (Å²) in [7, 11) is 0. The number of aryl methyl sites for hydroxylation is 1. The molecule has 0 unspecified atom stereocenters. The van der Waals surface area contributed by atoms with Crippen LogP contribution in [0.1, 0.15) is 18.7 Å². The number of pyridine rings is 1. The van der Waals surface area contributed by atoms with E-state index < -0.39 is 0 Å². The number of nitrogens with zero attached hydrogens (tertiary/aromatic N) is 3. The predicted molar refractivity (Wildman–Crippen MR) is 79.5 cm³/mol. The van der Waals surface area contributed by atoms with Gasteiger partial charge in [-0.15, -0.1) is 0 Å². The first-order valence-electron chi connectivity index (χ1n) is 7.05. The monoisotopic (exact) mass is 269 g/mol. The zero-order valence-corrected chi connectivity index (χ0v) is 11.6. The van der Waals surface area contributed by atoms with Crippen LogP contribution >= 0.6 is 0 Å². The van der Waals surface area contributed by atoms with Crippen molar-refractivity contribution in [3.8, 4) is 11.4 Å². The maximum Gasteiger partial charge on any atom is 0.130 e. The van der Waals surface area contributed by atoms with E-state index in [-0.39, 0.29) is 0 Å². The third-order valence-corrected chi connectivity index (χ3v) is 3.46. The van der Waals surface area contributed by atoms with E-state index in [4.69, 9.17) is 0 Å². The number of piperidine rings is 1. The molecule has 0 amide bonds. The predicted octanol–water partition coefficient (Wildman–Crippen LogP) is 2.01. The number of rotatable bonds is 3. The molecule has 2 N–H and O–H groups in total. The first-order chi connectivity index (χ1) is 9.81. The highest BCUT2D eigenvalue weighted by Crippen LogP contribution is 2.19. The SMILES string of the molecule is Cc1nc(NC2CCNCC2)cc(-c2ccccn2)n1. The summed E-state index contributed by atoms with van der Waals surface area (Å²) in [6.45, 7) is 4.05. The Kier molecular flexibility index (Phi) is 3.87. The molecule has 0 aromatic carbocycles. The van der Waals surface area contributed by atoms with Crippen LogP contribution in [0.4, 0.5) is 5.82 Å². The summed E-state index contributed by atoms with van der Waals surface area (Å²) in [5, 5.41) is 6.88. The van der Waals surface area contributed by atoms with E-state index in [9.17, 15) is 0 Å². The van der Waals surface area contributed by atoms with Gasteiger partial charge in [0.2, 0.25) is 0 Å². The molecular formula is C15H19N5. The fourth-order valence-electron chi connectivity index (χ4n) is 2.46. The lowest BCUT2D eigenvalue weighted by atomic mass is 10.1. The van der Waals surface area contributed by atoms with Gasteiger partial charge in [-0.1, -0.05) is 6.07 Å². The van der Waals surface area contributed by atoms with Crippen molar-refractivity contribution in [1.29, 1.82) is 0 Å². The molecule has 0 atom stereocenters. The van der Waals surface area contributed by atoms with Crippen molar-refractivity contribution in [2.45, 2.75) is 25.8 Å². The van der Waals surface area contributed by atoms with Crippen LogP contribution in [-0.2, 0) is 0 Å². The van der Waals surface area contributed by atoms with E-state index in [2.05, 4.69) is 25.6 Å². The average Bonchev–Trinajstić information content (AvgIpc) is 2.49. The lowest BCUT2D eigenvalue weighted by molar-refractivity contribution is 0.478. The van der Waals surface area contributed by atoms with Gasteiger partial charge in [-0.2, -0.15) is 0 Å². The van der Waals surface area contributed by atoms with Crippen LogP contribution < -0.4 is 10.6 Å². The summed E-state index contributed by atoms with van der Waals surface area (Å²) in [5.41, 5.74) is 1.75. The molecule has 3 rings (SSSR count). The molecule has 0 bridgehead atoms. The van der Waals surface area contributed by atoms with Crippen molar-refractivity contribution in [3.05, 3.63) is 36.3 Å². The largest absolute Gasteiger partial charge is 0.367 e. The molecule has 3 heterocycles. The fraction of sp³-hybridized carbons (Fsp3) is 0.400. The topological polar surface area (TPSA) is 62.7 Å². The highest BCUT2D eigenvalue weighted by atomic mass is 15.1. The number of hydrogen-bond donors (Lipinski definition) is 2. The first-order valence-corrected chi connectivity index (χ1v) is 7.05. The molecular weight excluding hydrogens is 250 g/mol. The van der Waals surface area contributed by atoms with E-state index in [1.165, 1.54) is 0 Å². The second-order valence-electron chi connectivity index (χ2n) is 5.07. The van der Waals surface area contributed by atoms with Gasteiger partial charge in [0.1, 0.15) is 11.6 Å². The first kappa shape index (κ1) is 13.0. The van der Waals surface area contributed by atoms with Crippen molar-refractivity contribution in [1.82, 2.24) is 20.3 Å². The third-order valence-electron chi connectivity index (χ3n) is 3.46. The Hall–Kier alpha value is -2.01. The summed E-state index contributed by atoms with van der Waals surface area (Å²) >= 11 is 0. The Morgan fingerprint density at radius 2 is 2.00 bits per heavy atom. The molecule has 2 aromatic rings. The van der Waals surface area contributed by atoms with Crippen LogP contribution in [0.15, 0.2) is 30.5 Å². The number of aromatic nitrogens is 3. The molecule has 5 nitrogen and oxygen atoms in total. The average molecular weight is 269 g/mol. The Labute approximate surface area is 118 Å². The minimum absolute atomic E-state index is 0.488. The van der Waals surface area contributed by atoms with Crippen molar-refractivity contribution in [3.63, 3.8) is 0 Å². The summed E-state index contributed by atoms with van der Waals surface area (Å²) in [6.07, 6.45) is 4.04. The Morgan fingerprint density at radius 1 is 1.15 bits per heavy atom. The Bertz CT molecular complexity index is 564. The summed E-state index contributed by atoms with van der Waals surface area (Å²) in [4.78, 5) is 13.3. The van der Waals surface area contributed by atoms with Crippen LogP contribution in [0.2, 0.25) is 0 Å². The Morgan fingerprint density at radius 3 is 2.75 bits per heavy atom. The van der Waals surface area contributed by atoms with Crippen LogP contribution in [-0.4, -0.2) is 34.1 Å². The highest BCUT2D eigenvalue weighted by molar-refractivity contribution is 5.58. The minimum atomic E-state index is 0.488. The summed E-state index contributed by atoms with van der Waals surface area (Å²) in [6, 6.07) is 8.32. The van der Waals surface area contributed by atoms with Gasteiger partial charge in [-0.05, 0) is 45.0 Å². The van der Waals surface area contributed by atoms with Gasteiger partial charge in [0, 0.05) is 18.3 Å². The molecule has 1 aliphatic rings. The van der Waals surface area contributed by atoms with Crippen LogP contribution in [0, 0.1) is 6.92 Å². The molecule has 0 spiro atoms. The van der Waals surface area contributed by atoms with Gasteiger partial charge in [0.25, 0.3) is 0 Å². The van der Waals surface area contributed by atoms with E-state index in [1.807, 2.05) is 31.2 Å². The van der Waals surface area contributed by atoms with Gasteiger partial charge in [0.05, 0.1) is 11.4 Å². The van der Waals surface area contributed by atoms with Crippen LogP contribution in [0.5, 0.6) is 0 Å². The standard InChI is InChI=1S/C15H19N5/c1-11-18-14(13-4-2-3-7-17-13)10-15(19-11)20-12-5-8-16-9-6-12/h2-4,7,10,12,16H,5-6,8-9H2,1H3,(H,18,19,20). The van der Waals surface area contributed by atoms with Gasteiger partial charge >= 0.3 is 0 Å². The molecule has 20 heavy (non-hydrogen) atoms. The molecule has 0 saturated carbocycles. The van der Waals surface area contributed by atoms with Gasteiger partial charge in [-0.25, -0.2) is 9.97 Å². The summed E-state index contributed by atoms with van der Waals surface area (Å²) in [5.74, 6) is 1.66. The van der Waals surface area contributed by atoms with Crippen LogP contribution in [0.3, 0.4) is 0 Å².